The van der Waals surface area contributed by atoms with Crippen molar-refractivity contribution >= 4 is 17.5 Å². The Labute approximate surface area is 181 Å². The predicted octanol–water partition coefficient (Wildman–Crippen LogP) is 5.13. The fourth-order valence-electron chi connectivity index (χ4n) is 3.16. The third-order valence-corrected chi connectivity index (χ3v) is 4.98. The molecule has 0 unspecified atom stereocenters. The Kier molecular flexibility index (Phi) is 7.36. The highest BCUT2D eigenvalue weighted by Gasteiger charge is 2.20. The molecule has 0 atom stereocenters. The van der Waals surface area contributed by atoms with Crippen molar-refractivity contribution in [2.24, 2.45) is 0 Å². The van der Waals surface area contributed by atoms with Crippen LogP contribution in [0.2, 0.25) is 5.02 Å². The quantitative estimate of drug-likeness (QED) is 0.481. The summed E-state index contributed by atoms with van der Waals surface area (Å²) in [5.74, 6) is 1.11. The van der Waals surface area contributed by atoms with Gasteiger partial charge in [-0.2, -0.15) is 5.10 Å². The summed E-state index contributed by atoms with van der Waals surface area (Å²) >= 11 is 6.17. The SMILES string of the molecule is CCCCCNC(=O)c1cc(-c2ccc(OC)cc2OC)nn1-c1cccc(Cl)c1. The molecular weight excluding hydrogens is 402 g/mol. The van der Waals surface area contributed by atoms with Crippen molar-refractivity contribution in [1.82, 2.24) is 15.1 Å². The van der Waals surface area contributed by atoms with E-state index in [2.05, 4.69) is 12.2 Å². The molecule has 6 nitrogen and oxygen atoms in total. The summed E-state index contributed by atoms with van der Waals surface area (Å²) in [5.41, 5.74) is 2.52. The van der Waals surface area contributed by atoms with E-state index in [9.17, 15) is 4.79 Å². The minimum Gasteiger partial charge on any atom is -0.497 e. The van der Waals surface area contributed by atoms with E-state index in [1.807, 2.05) is 24.3 Å². The Hall–Kier alpha value is -2.99. The Morgan fingerprint density at radius 1 is 1.10 bits per heavy atom. The van der Waals surface area contributed by atoms with Crippen LogP contribution in [0.25, 0.3) is 16.9 Å². The molecule has 0 aliphatic heterocycles. The molecular formula is C23H26ClN3O3. The number of hydrogen-bond donors (Lipinski definition) is 1. The van der Waals surface area contributed by atoms with Gasteiger partial charge in [-0.3, -0.25) is 4.79 Å². The number of carbonyl (C=O) groups excluding carboxylic acids is 1. The summed E-state index contributed by atoms with van der Waals surface area (Å²) in [5, 5.41) is 8.25. The molecule has 0 fully saturated rings. The molecule has 0 bridgehead atoms. The lowest BCUT2D eigenvalue weighted by atomic mass is 10.1. The van der Waals surface area contributed by atoms with Crippen LogP contribution in [-0.4, -0.2) is 36.5 Å². The van der Waals surface area contributed by atoms with E-state index in [4.69, 9.17) is 26.2 Å². The number of halogens is 1. The maximum Gasteiger partial charge on any atom is 0.270 e. The smallest absolute Gasteiger partial charge is 0.270 e. The summed E-state index contributed by atoms with van der Waals surface area (Å²) in [7, 11) is 3.19. The van der Waals surface area contributed by atoms with E-state index >= 15 is 0 Å². The molecule has 0 saturated heterocycles. The van der Waals surface area contributed by atoms with Crippen molar-refractivity contribution in [1.29, 1.82) is 0 Å². The van der Waals surface area contributed by atoms with Crippen molar-refractivity contribution in [2.75, 3.05) is 20.8 Å². The van der Waals surface area contributed by atoms with Crippen LogP contribution >= 0.6 is 11.6 Å². The third-order valence-electron chi connectivity index (χ3n) is 4.75. The van der Waals surface area contributed by atoms with Crippen LogP contribution in [0, 0.1) is 0 Å². The molecule has 0 radical (unpaired) electrons. The maximum absolute atomic E-state index is 12.9. The topological polar surface area (TPSA) is 65.4 Å². The first-order chi connectivity index (χ1) is 14.6. The standard InChI is InChI=1S/C23H26ClN3O3/c1-4-5-6-12-25-23(28)21-15-20(19-11-10-18(29-2)14-22(19)30-3)26-27(21)17-9-7-8-16(24)13-17/h7-11,13-15H,4-6,12H2,1-3H3,(H,25,28). The van der Waals surface area contributed by atoms with Crippen LogP contribution in [0.15, 0.2) is 48.5 Å². The summed E-state index contributed by atoms with van der Waals surface area (Å²) in [4.78, 5) is 12.9. The van der Waals surface area contributed by atoms with Crippen LogP contribution in [0.5, 0.6) is 11.5 Å². The van der Waals surface area contributed by atoms with E-state index in [0.717, 1.165) is 24.8 Å². The van der Waals surface area contributed by atoms with Gasteiger partial charge in [0, 0.05) is 23.2 Å². The zero-order chi connectivity index (χ0) is 21.5. The molecule has 30 heavy (non-hydrogen) atoms. The zero-order valence-electron chi connectivity index (χ0n) is 17.4. The first kappa shape index (κ1) is 21.7. The molecule has 2 aromatic carbocycles. The van der Waals surface area contributed by atoms with Gasteiger partial charge in [0.05, 0.1) is 25.6 Å². The van der Waals surface area contributed by atoms with Crippen LogP contribution in [-0.2, 0) is 0 Å². The number of rotatable bonds is 9. The third kappa shape index (κ3) is 4.94. The second kappa shape index (κ2) is 10.2. The lowest BCUT2D eigenvalue weighted by Crippen LogP contribution is -2.26. The number of aromatic nitrogens is 2. The molecule has 7 heteroatoms. The molecule has 0 saturated carbocycles. The lowest BCUT2D eigenvalue weighted by molar-refractivity contribution is 0.0945. The number of unbranched alkanes of at least 4 members (excludes halogenated alkanes) is 2. The monoisotopic (exact) mass is 427 g/mol. The van der Waals surface area contributed by atoms with Gasteiger partial charge >= 0.3 is 0 Å². The minimum atomic E-state index is -0.183. The molecule has 1 N–H and O–H groups in total. The fraction of sp³-hybridized carbons (Fsp3) is 0.304. The van der Waals surface area contributed by atoms with E-state index in [1.54, 1.807) is 43.2 Å². The van der Waals surface area contributed by atoms with Crippen molar-refractivity contribution in [3.05, 3.63) is 59.2 Å². The maximum atomic E-state index is 12.9. The van der Waals surface area contributed by atoms with Crippen LogP contribution in [0.1, 0.15) is 36.7 Å². The van der Waals surface area contributed by atoms with Gasteiger partial charge in [0.25, 0.3) is 5.91 Å². The van der Waals surface area contributed by atoms with Gasteiger partial charge in [0.15, 0.2) is 0 Å². The van der Waals surface area contributed by atoms with E-state index in [1.165, 1.54) is 0 Å². The van der Waals surface area contributed by atoms with Crippen LogP contribution in [0.4, 0.5) is 0 Å². The molecule has 1 aromatic heterocycles. The zero-order valence-corrected chi connectivity index (χ0v) is 18.2. The van der Waals surface area contributed by atoms with Gasteiger partial charge in [0.2, 0.25) is 0 Å². The van der Waals surface area contributed by atoms with Gasteiger partial charge in [-0.05, 0) is 42.8 Å². The van der Waals surface area contributed by atoms with E-state index in [0.29, 0.717) is 40.1 Å². The average molecular weight is 428 g/mol. The molecule has 3 rings (SSSR count). The van der Waals surface area contributed by atoms with Gasteiger partial charge in [-0.25, -0.2) is 4.68 Å². The highest BCUT2D eigenvalue weighted by atomic mass is 35.5. The number of nitrogens with one attached hydrogen (secondary N) is 1. The molecule has 1 amide bonds. The highest BCUT2D eigenvalue weighted by molar-refractivity contribution is 6.30. The highest BCUT2D eigenvalue weighted by Crippen LogP contribution is 2.33. The van der Waals surface area contributed by atoms with Crippen molar-refractivity contribution in [3.8, 4) is 28.4 Å². The second-order valence-corrected chi connectivity index (χ2v) is 7.27. The summed E-state index contributed by atoms with van der Waals surface area (Å²) < 4.78 is 12.4. The molecule has 158 valence electrons. The number of ether oxygens (including phenoxy) is 2. The van der Waals surface area contributed by atoms with Gasteiger partial charge in [0.1, 0.15) is 17.2 Å². The molecule has 3 aromatic rings. The number of amides is 1. The normalized spacial score (nSPS) is 10.7. The number of nitrogens with zero attached hydrogens (tertiary/aromatic N) is 2. The number of hydrogen-bond acceptors (Lipinski definition) is 4. The fourth-order valence-corrected chi connectivity index (χ4v) is 3.34. The van der Waals surface area contributed by atoms with Gasteiger partial charge < -0.3 is 14.8 Å². The molecule has 0 aliphatic rings. The Bertz CT molecular complexity index is 1020. The van der Waals surface area contributed by atoms with Gasteiger partial charge in [-0.1, -0.05) is 37.4 Å². The first-order valence-electron chi connectivity index (χ1n) is 9.94. The van der Waals surface area contributed by atoms with Crippen molar-refractivity contribution < 1.29 is 14.3 Å². The Morgan fingerprint density at radius 3 is 2.63 bits per heavy atom. The predicted molar refractivity (Wildman–Crippen MR) is 119 cm³/mol. The molecule has 0 spiro atoms. The van der Waals surface area contributed by atoms with Crippen LogP contribution < -0.4 is 14.8 Å². The average Bonchev–Trinajstić information content (AvgIpc) is 3.21. The first-order valence-corrected chi connectivity index (χ1v) is 10.3. The molecule has 1 heterocycles. The van der Waals surface area contributed by atoms with Gasteiger partial charge in [-0.15, -0.1) is 0 Å². The van der Waals surface area contributed by atoms with Crippen LogP contribution in [0.3, 0.4) is 0 Å². The minimum absolute atomic E-state index is 0.183. The second-order valence-electron chi connectivity index (χ2n) is 6.84. The number of benzene rings is 2. The largest absolute Gasteiger partial charge is 0.497 e. The van der Waals surface area contributed by atoms with E-state index in [-0.39, 0.29) is 5.91 Å². The number of carbonyl (C=O) groups is 1. The lowest BCUT2D eigenvalue weighted by Gasteiger charge is -2.09. The Balaban J connectivity index is 2.03. The summed E-state index contributed by atoms with van der Waals surface area (Å²) in [6.45, 7) is 2.75. The van der Waals surface area contributed by atoms with E-state index < -0.39 is 0 Å². The number of methoxy groups -OCH3 is 2. The summed E-state index contributed by atoms with van der Waals surface area (Å²) in [6, 6.07) is 14.5. The van der Waals surface area contributed by atoms with Crippen molar-refractivity contribution in [2.45, 2.75) is 26.2 Å². The Morgan fingerprint density at radius 2 is 1.93 bits per heavy atom. The summed E-state index contributed by atoms with van der Waals surface area (Å²) in [6.07, 6.45) is 3.10. The molecule has 0 aliphatic carbocycles. The van der Waals surface area contributed by atoms with Crippen molar-refractivity contribution in [3.63, 3.8) is 0 Å².